The molecule has 1 spiro atoms. The Morgan fingerprint density at radius 1 is 1.30 bits per heavy atom. The Morgan fingerprint density at radius 2 is 2.13 bits per heavy atom. The van der Waals surface area contributed by atoms with Gasteiger partial charge in [-0.15, -0.1) is 0 Å². The van der Waals surface area contributed by atoms with E-state index in [9.17, 15) is 4.79 Å². The van der Waals surface area contributed by atoms with E-state index in [0.717, 1.165) is 51.1 Å². The van der Waals surface area contributed by atoms with Crippen LogP contribution >= 0.6 is 0 Å². The van der Waals surface area contributed by atoms with E-state index in [1.165, 1.54) is 11.3 Å². The molecule has 5 nitrogen and oxygen atoms in total. The van der Waals surface area contributed by atoms with Crippen LogP contribution in [-0.2, 0) is 19.7 Å². The Labute approximate surface area is 136 Å². The molecule has 0 saturated carbocycles. The molecule has 0 unspecified atom stereocenters. The van der Waals surface area contributed by atoms with Crippen molar-refractivity contribution in [2.75, 3.05) is 43.6 Å². The molecule has 0 radical (unpaired) electrons. The summed E-state index contributed by atoms with van der Waals surface area (Å²) in [5.41, 5.74) is 3.69. The molecule has 3 aliphatic heterocycles. The van der Waals surface area contributed by atoms with Gasteiger partial charge in [0.1, 0.15) is 6.10 Å². The largest absolute Gasteiger partial charge is 0.381 e. The highest BCUT2D eigenvalue weighted by Gasteiger charge is 2.42. The Bertz CT molecular complexity index is 604. The van der Waals surface area contributed by atoms with Crippen molar-refractivity contribution in [3.05, 3.63) is 23.8 Å². The van der Waals surface area contributed by atoms with Gasteiger partial charge in [-0.1, -0.05) is 0 Å². The minimum Gasteiger partial charge on any atom is -0.381 e. The highest BCUT2D eigenvalue weighted by Crippen LogP contribution is 2.47. The molecule has 1 aromatic rings. The number of rotatable bonds is 2. The first kappa shape index (κ1) is 15.0. The third-order valence-corrected chi connectivity index (χ3v) is 5.46. The van der Waals surface area contributed by atoms with Crippen LogP contribution in [0.1, 0.15) is 31.2 Å². The summed E-state index contributed by atoms with van der Waals surface area (Å²) in [5.74, 6) is -0.0187. The Morgan fingerprint density at radius 3 is 2.87 bits per heavy atom. The number of fused-ring (bicyclic) bond motifs is 2. The average Bonchev–Trinajstić information content (AvgIpc) is 3.17. The predicted octanol–water partition coefficient (Wildman–Crippen LogP) is 2.30. The number of carbonyl (C=O) groups excluding carboxylic acids is 1. The summed E-state index contributed by atoms with van der Waals surface area (Å²) in [6.45, 7) is 3.37. The van der Waals surface area contributed by atoms with Gasteiger partial charge < -0.3 is 19.7 Å². The van der Waals surface area contributed by atoms with Gasteiger partial charge in [-0.05, 0) is 49.4 Å². The van der Waals surface area contributed by atoms with Crippen molar-refractivity contribution in [3.8, 4) is 0 Å². The third kappa shape index (κ3) is 2.62. The lowest BCUT2D eigenvalue weighted by Crippen LogP contribution is -2.37. The maximum atomic E-state index is 12.3. The number of anilines is 2. The monoisotopic (exact) mass is 316 g/mol. The zero-order valence-corrected chi connectivity index (χ0v) is 13.6. The molecule has 1 N–H and O–H groups in total. The van der Waals surface area contributed by atoms with E-state index in [-0.39, 0.29) is 17.4 Å². The van der Waals surface area contributed by atoms with Crippen LogP contribution in [-0.4, -0.2) is 45.4 Å². The summed E-state index contributed by atoms with van der Waals surface area (Å²) in [4.78, 5) is 14.6. The lowest BCUT2D eigenvalue weighted by atomic mass is 9.76. The summed E-state index contributed by atoms with van der Waals surface area (Å²) >= 11 is 0. The summed E-state index contributed by atoms with van der Waals surface area (Å²) in [6, 6.07) is 6.29. The van der Waals surface area contributed by atoms with Gasteiger partial charge in [0.05, 0.1) is 0 Å². The lowest BCUT2D eigenvalue weighted by Gasteiger charge is -2.34. The van der Waals surface area contributed by atoms with E-state index in [0.29, 0.717) is 6.61 Å². The number of carbonyl (C=O) groups is 1. The normalized spacial score (nSPS) is 25.6. The number of hydrogen-bond acceptors (Lipinski definition) is 4. The second kappa shape index (κ2) is 5.80. The molecule has 124 valence electrons. The van der Waals surface area contributed by atoms with Gasteiger partial charge in [0.15, 0.2) is 0 Å². The van der Waals surface area contributed by atoms with Crippen LogP contribution in [0.5, 0.6) is 0 Å². The molecular weight excluding hydrogens is 292 g/mol. The molecule has 5 heteroatoms. The van der Waals surface area contributed by atoms with Crippen molar-refractivity contribution in [1.82, 2.24) is 0 Å². The SMILES string of the molecule is CN1CC2(CCOCC2)c2cc(NC(=O)[C@H]3CCCO3)ccc21. The van der Waals surface area contributed by atoms with Crippen molar-refractivity contribution in [3.63, 3.8) is 0 Å². The molecular formula is C18H24N2O3. The number of hydrogen-bond donors (Lipinski definition) is 1. The fraction of sp³-hybridized carbons (Fsp3) is 0.611. The first-order valence-corrected chi connectivity index (χ1v) is 8.54. The zero-order chi connectivity index (χ0) is 15.9. The van der Waals surface area contributed by atoms with E-state index in [4.69, 9.17) is 9.47 Å². The van der Waals surface area contributed by atoms with Crippen LogP contribution in [0.15, 0.2) is 18.2 Å². The second-order valence-corrected chi connectivity index (χ2v) is 6.97. The summed E-state index contributed by atoms with van der Waals surface area (Å²) in [6.07, 6.45) is 3.60. The average molecular weight is 316 g/mol. The summed E-state index contributed by atoms with van der Waals surface area (Å²) < 4.78 is 11.0. The van der Waals surface area contributed by atoms with Gasteiger partial charge >= 0.3 is 0 Å². The lowest BCUT2D eigenvalue weighted by molar-refractivity contribution is -0.124. The number of likely N-dealkylation sites (N-methyl/N-ethyl adjacent to an activating group) is 1. The van der Waals surface area contributed by atoms with Gasteiger partial charge in [-0.3, -0.25) is 4.79 Å². The molecule has 1 amide bonds. The van der Waals surface area contributed by atoms with Crippen LogP contribution in [0.2, 0.25) is 0 Å². The van der Waals surface area contributed by atoms with E-state index in [1.807, 2.05) is 6.07 Å². The standard InChI is InChI=1S/C18H24N2O3/c1-20-12-18(6-9-22-10-7-18)14-11-13(4-5-15(14)20)19-17(21)16-3-2-8-23-16/h4-5,11,16H,2-3,6-10,12H2,1H3,(H,19,21)/t16-/m1/s1. The first-order chi connectivity index (χ1) is 11.2. The highest BCUT2D eigenvalue weighted by molar-refractivity contribution is 5.94. The fourth-order valence-electron chi connectivity index (χ4n) is 4.19. The van der Waals surface area contributed by atoms with E-state index in [2.05, 4.69) is 29.4 Å². The van der Waals surface area contributed by atoms with Crippen molar-refractivity contribution < 1.29 is 14.3 Å². The number of nitrogens with zero attached hydrogens (tertiary/aromatic N) is 1. The van der Waals surface area contributed by atoms with Crippen molar-refractivity contribution in [2.45, 2.75) is 37.2 Å². The molecule has 2 saturated heterocycles. The zero-order valence-electron chi connectivity index (χ0n) is 13.6. The quantitative estimate of drug-likeness (QED) is 0.909. The summed E-state index contributed by atoms with van der Waals surface area (Å²) in [7, 11) is 2.15. The molecule has 1 aromatic carbocycles. The molecule has 0 aromatic heterocycles. The van der Waals surface area contributed by atoms with Crippen LogP contribution < -0.4 is 10.2 Å². The topological polar surface area (TPSA) is 50.8 Å². The van der Waals surface area contributed by atoms with Crippen LogP contribution in [0.25, 0.3) is 0 Å². The smallest absolute Gasteiger partial charge is 0.253 e. The number of benzene rings is 1. The maximum Gasteiger partial charge on any atom is 0.253 e. The van der Waals surface area contributed by atoms with Gasteiger partial charge in [-0.25, -0.2) is 0 Å². The van der Waals surface area contributed by atoms with E-state index >= 15 is 0 Å². The number of ether oxygens (including phenoxy) is 2. The minimum atomic E-state index is -0.289. The molecule has 2 fully saturated rings. The van der Waals surface area contributed by atoms with Crippen molar-refractivity contribution >= 4 is 17.3 Å². The van der Waals surface area contributed by atoms with Gasteiger partial charge in [-0.2, -0.15) is 0 Å². The first-order valence-electron chi connectivity index (χ1n) is 8.54. The number of amides is 1. The highest BCUT2D eigenvalue weighted by atomic mass is 16.5. The van der Waals surface area contributed by atoms with Gasteiger partial charge in [0, 0.05) is 50.2 Å². The van der Waals surface area contributed by atoms with Crippen molar-refractivity contribution in [2.24, 2.45) is 0 Å². The molecule has 4 rings (SSSR count). The van der Waals surface area contributed by atoms with Crippen LogP contribution in [0.3, 0.4) is 0 Å². The van der Waals surface area contributed by atoms with Gasteiger partial charge in [0.2, 0.25) is 0 Å². The van der Waals surface area contributed by atoms with E-state index in [1.54, 1.807) is 0 Å². The minimum absolute atomic E-state index is 0.0187. The Hall–Kier alpha value is -1.59. The molecule has 0 bridgehead atoms. The fourth-order valence-corrected chi connectivity index (χ4v) is 4.19. The maximum absolute atomic E-state index is 12.3. The molecule has 3 aliphatic rings. The molecule has 3 heterocycles. The van der Waals surface area contributed by atoms with Crippen molar-refractivity contribution in [1.29, 1.82) is 0 Å². The number of nitrogens with one attached hydrogen (secondary N) is 1. The molecule has 0 aliphatic carbocycles. The summed E-state index contributed by atoms with van der Waals surface area (Å²) in [5, 5.41) is 3.04. The molecule has 1 atom stereocenters. The van der Waals surface area contributed by atoms with E-state index < -0.39 is 0 Å². The predicted molar refractivity (Wildman–Crippen MR) is 89.0 cm³/mol. The Kier molecular flexibility index (Phi) is 3.77. The van der Waals surface area contributed by atoms with Gasteiger partial charge in [0.25, 0.3) is 5.91 Å². The second-order valence-electron chi connectivity index (χ2n) is 6.97. The van der Waals surface area contributed by atoms with Crippen LogP contribution in [0, 0.1) is 0 Å². The van der Waals surface area contributed by atoms with Crippen LogP contribution in [0.4, 0.5) is 11.4 Å². The third-order valence-electron chi connectivity index (χ3n) is 5.46. The Balaban J connectivity index is 1.59. The molecule has 23 heavy (non-hydrogen) atoms.